The monoisotopic (exact) mass is 280 g/mol. The Labute approximate surface area is 119 Å². The molecule has 0 bridgehead atoms. The van der Waals surface area contributed by atoms with E-state index in [1.807, 2.05) is 38.6 Å². The van der Waals surface area contributed by atoms with Gasteiger partial charge < -0.3 is 9.31 Å². The Morgan fingerprint density at radius 2 is 1.90 bits per heavy atom. The maximum Gasteiger partial charge on any atom is 0.498 e. The molecule has 1 saturated heterocycles. The van der Waals surface area contributed by atoms with Gasteiger partial charge in [0, 0.05) is 24.4 Å². The number of hydrogen-bond donors (Lipinski definition) is 0. The molecular weight excluding hydrogens is 258 g/mol. The van der Waals surface area contributed by atoms with Crippen LogP contribution in [0.1, 0.15) is 40.5 Å². The highest BCUT2D eigenvalue weighted by atomic mass is 19.1. The average Bonchev–Trinajstić information content (AvgIpc) is 2.81. The fourth-order valence-electron chi connectivity index (χ4n) is 2.65. The van der Waals surface area contributed by atoms with E-state index in [0.29, 0.717) is 18.8 Å². The fourth-order valence-corrected chi connectivity index (χ4v) is 2.65. The molecule has 0 unspecified atom stereocenters. The van der Waals surface area contributed by atoms with Crippen LogP contribution in [0.3, 0.4) is 0 Å². The predicted molar refractivity (Wildman–Crippen MR) is 75.6 cm³/mol. The van der Waals surface area contributed by atoms with Gasteiger partial charge in [0.2, 0.25) is 0 Å². The number of rotatable bonds is 3. The number of halogens is 1. The molecule has 4 nitrogen and oxygen atoms in total. The first-order valence-corrected chi connectivity index (χ1v) is 7.29. The van der Waals surface area contributed by atoms with E-state index in [0.717, 1.165) is 12.0 Å². The van der Waals surface area contributed by atoms with Crippen LogP contribution < -0.4 is 5.46 Å². The molecule has 1 aromatic rings. The maximum absolute atomic E-state index is 12.8. The molecule has 2 aliphatic rings. The van der Waals surface area contributed by atoms with Crippen molar-refractivity contribution in [2.75, 3.05) is 0 Å². The maximum atomic E-state index is 12.8. The molecule has 2 fully saturated rings. The Morgan fingerprint density at radius 1 is 1.30 bits per heavy atom. The summed E-state index contributed by atoms with van der Waals surface area (Å²) in [6, 6.07) is 0. The molecule has 0 atom stereocenters. The van der Waals surface area contributed by atoms with Crippen molar-refractivity contribution in [2.45, 2.75) is 64.5 Å². The van der Waals surface area contributed by atoms with E-state index < -0.39 is 6.17 Å². The average molecular weight is 280 g/mol. The molecule has 1 saturated carbocycles. The van der Waals surface area contributed by atoms with E-state index >= 15 is 0 Å². The molecule has 0 N–H and O–H groups in total. The van der Waals surface area contributed by atoms with Crippen LogP contribution >= 0.6 is 0 Å². The highest BCUT2D eigenvalue weighted by Gasteiger charge is 2.52. The minimum atomic E-state index is -0.613. The Balaban J connectivity index is 1.66. The third-order valence-corrected chi connectivity index (χ3v) is 4.80. The smallest absolute Gasteiger partial charge is 0.399 e. The summed E-state index contributed by atoms with van der Waals surface area (Å²) in [5, 5.41) is 4.34. The summed E-state index contributed by atoms with van der Waals surface area (Å²) in [7, 11) is -0.371. The van der Waals surface area contributed by atoms with Gasteiger partial charge in [-0.1, -0.05) is 0 Å². The van der Waals surface area contributed by atoms with Crippen molar-refractivity contribution in [1.29, 1.82) is 0 Å². The topological polar surface area (TPSA) is 36.3 Å². The Kier molecular flexibility index (Phi) is 3.21. The van der Waals surface area contributed by atoms with Crippen molar-refractivity contribution in [3.63, 3.8) is 0 Å². The van der Waals surface area contributed by atoms with Crippen LogP contribution in [0.5, 0.6) is 0 Å². The SMILES string of the molecule is CC1(C)OB(c2cnn(CC3CC(F)C3)c2)OC1(C)C. The third kappa shape index (κ3) is 2.39. The largest absolute Gasteiger partial charge is 0.498 e. The van der Waals surface area contributed by atoms with E-state index in [1.165, 1.54) is 0 Å². The second kappa shape index (κ2) is 4.56. The zero-order chi connectivity index (χ0) is 14.5. The first-order chi connectivity index (χ1) is 9.27. The molecule has 2 heterocycles. The molecule has 3 rings (SSSR count). The second-order valence-corrected chi connectivity index (χ2v) is 7.02. The van der Waals surface area contributed by atoms with E-state index in [4.69, 9.17) is 9.31 Å². The first-order valence-electron chi connectivity index (χ1n) is 7.29. The minimum absolute atomic E-state index is 0.338. The van der Waals surface area contributed by atoms with Gasteiger partial charge in [0.05, 0.1) is 11.2 Å². The van der Waals surface area contributed by atoms with Crippen molar-refractivity contribution in [3.8, 4) is 0 Å². The predicted octanol–water partition coefficient (Wildman–Crippen LogP) is 1.93. The summed E-state index contributed by atoms with van der Waals surface area (Å²) in [5.74, 6) is 0.413. The Morgan fingerprint density at radius 3 is 2.45 bits per heavy atom. The van der Waals surface area contributed by atoms with Crippen molar-refractivity contribution < 1.29 is 13.7 Å². The molecule has 0 radical (unpaired) electrons. The van der Waals surface area contributed by atoms with Crippen LogP contribution in [-0.2, 0) is 15.9 Å². The van der Waals surface area contributed by atoms with E-state index in [2.05, 4.69) is 5.10 Å². The van der Waals surface area contributed by atoms with Crippen LogP contribution in [0, 0.1) is 5.92 Å². The van der Waals surface area contributed by atoms with Gasteiger partial charge in [-0.25, -0.2) is 4.39 Å². The Hall–Kier alpha value is -0.875. The van der Waals surface area contributed by atoms with Crippen LogP contribution in [0.25, 0.3) is 0 Å². The van der Waals surface area contributed by atoms with Gasteiger partial charge in [-0.15, -0.1) is 0 Å². The van der Waals surface area contributed by atoms with Crippen LogP contribution in [-0.4, -0.2) is 34.3 Å². The van der Waals surface area contributed by atoms with Crippen LogP contribution in [0.4, 0.5) is 4.39 Å². The standard InChI is InChI=1S/C14H22BFN2O2/c1-13(2)14(3,4)20-15(19-13)11-7-17-18(9-11)8-10-5-12(16)6-10/h7,9-10,12H,5-6,8H2,1-4H3. The number of hydrogen-bond acceptors (Lipinski definition) is 3. The number of nitrogens with zero attached hydrogens (tertiary/aromatic N) is 2. The summed E-state index contributed by atoms with van der Waals surface area (Å²) < 4.78 is 26.7. The number of aromatic nitrogens is 2. The molecular formula is C14H22BFN2O2. The molecule has 1 aliphatic heterocycles. The third-order valence-electron chi connectivity index (χ3n) is 4.80. The highest BCUT2D eigenvalue weighted by molar-refractivity contribution is 6.61. The molecule has 110 valence electrons. The van der Waals surface area contributed by atoms with Crippen molar-refractivity contribution >= 4 is 12.6 Å². The molecule has 0 spiro atoms. The van der Waals surface area contributed by atoms with Crippen molar-refractivity contribution in [3.05, 3.63) is 12.4 Å². The van der Waals surface area contributed by atoms with Gasteiger partial charge >= 0.3 is 7.12 Å². The van der Waals surface area contributed by atoms with Gasteiger partial charge in [-0.3, -0.25) is 4.68 Å². The first kappa shape index (κ1) is 14.1. The molecule has 0 amide bonds. The van der Waals surface area contributed by atoms with Gasteiger partial charge in [0.1, 0.15) is 6.17 Å². The lowest BCUT2D eigenvalue weighted by Gasteiger charge is -2.32. The summed E-state index contributed by atoms with van der Waals surface area (Å²) in [6.07, 6.45) is 4.44. The zero-order valence-corrected chi connectivity index (χ0v) is 12.6. The quantitative estimate of drug-likeness (QED) is 0.794. The lowest BCUT2D eigenvalue weighted by atomic mass is 9.81. The summed E-state index contributed by atoms with van der Waals surface area (Å²) in [4.78, 5) is 0. The lowest BCUT2D eigenvalue weighted by Crippen LogP contribution is -2.41. The highest BCUT2D eigenvalue weighted by Crippen LogP contribution is 2.36. The summed E-state index contributed by atoms with van der Waals surface area (Å²) in [6.45, 7) is 8.92. The van der Waals surface area contributed by atoms with Gasteiger partial charge in [-0.2, -0.15) is 5.10 Å². The van der Waals surface area contributed by atoms with Gasteiger partial charge in [-0.05, 0) is 46.5 Å². The van der Waals surface area contributed by atoms with E-state index in [-0.39, 0.29) is 18.3 Å². The zero-order valence-electron chi connectivity index (χ0n) is 12.6. The van der Waals surface area contributed by atoms with E-state index in [1.54, 1.807) is 6.20 Å². The second-order valence-electron chi connectivity index (χ2n) is 7.02. The van der Waals surface area contributed by atoms with Crippen LogP contribution in [0.15, 0.2) is 12.4 Å². The Bertz CT molecular complexity index is 481. The lowest BCUT2D eigenvalue weighted by molar-refractivity contribution is 0.00578. The van der Waals surface area contributed by atoms with Crippen LogP contribution in [0.2, 0.25) is 0 Å². The fraction of sp³-hybridized carbons (Fsp3) is 0.786. The van der Waals surface area contributed by atoms with Gasteiger partial charge in [0.25, 0.3) is 0 Å². The van der Waals surface area contributed by atoms with Crippen molar-refractivity contribution in [1.82, 2.24) is 9.78 Å². The summed E-state index contributed by atoms with van der Waals surface area (Å²) >= 11 is 0. The molecule has 1 aromatic heterocycles. The normalized spacial score (nSPS) is 31.4. The molecule has 20 heavy (non-hydrogen) atoms. The van der Waals surface area contributed by atoms with Crippen molar-refractivity contribution in [2.24, 2.45) is 5.92 Å². The number of alkyl halides is 1. The van der Waals surface area contributed by atoms with Gasteiger partial charge in [0.15, 0.2) is 0 Å². The molecule has 0 aromatic carbocycles. The minimum Gasteiger partial charge on any atom is -0.399 e. The van der Waals surface area contributed by atoms with E-state index in [9.17, 15) is 4.39 Å². The molecule has 6 heteroatoms. The molecule has 1 aliphatic carbocycles. The summed E-state index contributed by atoms with van der Waals surface area (Å²) in [5.41, 5.74) is 0.254.